The highest BCUT2D eigenvalue weighted by molar-refractivity contribution is 6.02. The molecule has 2 aliphatic rings. The lowest BCUT2D eigenvalue weighted by atomic mass is 9.89. The van der Waals surface area contributed by atoms with Gasteiger partial charge in [0.1, 0.15) is 0 Å². The Bertz CT molecular complexity index is 428. The summed E-state index contributed by atoms with van der Waals surface area (Å²) in [5.74, 6) is -1.05. The van der Waals surface area contributed by atoms with Crippen LogP contribution in [0.5, 0.6) is 0 Å². The van der Waals surface area contributed by atoms with Crippen LogP contribution in [0.1, 0.15) is 51.4 Å². The van der Waals surface area contributed by atoms with Crippen molar-refractivity contribution in [3.63, 3.8) is 0 Å². The summed E-state index contributed by atoms with van der Waals surface area (Å²) in [6.45, 7) is 0.0722. The maximum absolute atomic E-state index is 11.8. The molecule has 0 atom stereocenters. The van der Waals surface area contributed by atoms with Crippen molar-refractivity contribution < 1.29 is 19.2 Å². The molecule has 0 aromatic rings. The van der Waals surface area contributed by atoms with Crippen molar-refractivity contribution in [3.8, 4) is 0 Å². The first-order valence-corrected chi connectivity index (χ1v) is 7.50. The highest BCUT2D eigenvalue weighted by Crippen LogP contribution is 2.23. The average molecular weight is 295 g/mol. The topological polar surface area (TPSA) is 95.6 Å². The van der Waals surface area contributed by atoms with Gasteiger partial charge < -0.3 is 0 Å². The molecular formula is C14H21N3O4. The third-order valence-electron chi connectivity index (χ3n) is 4.02. The van der Waals surface area contributed by atoms with E-state index in [2.05, 4.69) is 10.9 Å². The van der Waals surface area contributed by atoms with Gasteiger partial charge in [0.2, 0.25) is 23.6 Å². The summed E-state index contributed by atoms with van der Waals surface area (Å²) < 4.78 is 0. The zero-order valence-electron chi connectivity index (χ0n) is 12.0. The van der Waals surface area contributed by atoms with E-state index in [9.17, 15) is 19.2 Å². The Kier molecular flexibility index (Phi) is 5.30. The normalized spacial score (nSPS) is 19.7. The Morgan fingerprint density at radius 1 is 1.00 bits per heavy atom. The Hall–Kier alpha value is -1.92. The molecule has 1 aliphatic carbocycles. The van der Waals surface area contributed by atoms with E-state index in [1.54, 1.807) is 0 Å². The standard InChI is InChI=1S/C14H21N3O4/c18-11(8-9-17-12(19)6-7-13(17)20)15-16-14(21)10-4-2-1-3-5-10/h10H,1-9H2,(H,15,18)(H,16,21). The number of hydrogen-bond donors (Lipinski definition) is 2. The van der Waals surface area contributed by atoms with E-state index in [4.69, 9.17) is 0 Å². The number of likely N-dealkylation sites (tertiary alicyclic amines) is 1. The molecule has 7 heteroatoms. The lowest BCUT2D eigenvalue weighted by Crippen LogP contribution is -2.46. The Morgan fingerprint density at radius 2 is 1.62 bits per heavy atom. The van der Waals surface area contributed by atoms with Crippen LogP contribution in [-0.2, 0) is 19.2 Å². The summed E-state index contributed by atoms with van der Waals surface area (Å²) >= 11 is 0. The number of carbonyl (C=O) groups is 4. The molecule has 2 fully saturated rings. The van der Waals surface area contributed by atoms with Crippen LogP contribution in [0.2, 0.25) is 0 Å². The van der Waals surface area contributed by atoms with Gasteiger partial charge in [-0.1, -0.05) is 19.3 Å². The van der Waals surface area contributed by atoms with E-state index >= 15 is 0 Å². The van der Waals surface area contributed by atoms with Crippen LogP contribution in [0.25, 0.3) is 0 Å². The van der Waals surface area contributed by atoms with Gasteiger partial charge in [-0.25, -0.2) is 0 Å². The van der Waals surface area contributed by atoms with Gasteiger partial charge in [-0.3, -0.25) is 34.9 Å². The van der Waals surface area contributed by atoms with E-state index < -0.39 is 5.91 Å². The molecule has 2 rings (SSSR count). The number of carbonyl (C=O) groups excluding carboxylic acids is 4. The number of rotatable bonds is 4. The molecule has 116 valence electrons. The average Bonchev–Trinajstić information content (AvgIpc) is 2.82. The van der Waals surface area contributed by atoms with Crippen LogP contribution in [0, 0.1) is 5.92 Å². The number of nitrogens with zero attached hydrogens (tertiary/aromatic N) is 1. The van der Waals surface area contributed by atoms with Crippen LogP contribution in [0.15, 0.2) is 0 Å². The van der Waals surface area contributed by atoms with Crippen LogP contribution < -0.4 is 10.9 Å². The smallest absolute Gasteiger partial charge is 0.241 e. The van der Waals surface area contributed by atoms with Gasteiger partial charge in [-0.15, -0.1) is 0 Å². The van der Waals surface area contributed by atoms with Gasteiger partial charge >= 0.3 is 0 Å². The fourth-order valence-electron chi connectivity index (χ4n) is 2.75. The molecule has 0 radical (unpaired) electrons. The highest BCUT2D eigenvalue weighted by Gasteiger charge is 2.29. The van der Waals surface area contributed by atoms with Crippen molar-refractivity contribution in [2.45, 2.75) is 51.4 Å². The monoisotopic (exact) mass is 295 g/mol. The lowest BCUT2D eigenvalue weighted by molar-refractivity contribution is -0.139. The van der Waals surface area contributed by atoms with E-state index in [0.29, 0.717) is 0 Å². The molecule has 1 heterocycles. The van der Waals surface area contributed by atoms with E-state index in [1.165, 1.54) is 0 Å². The van der Waals surface area contributed by atoms with Crippen LogP contribution in [0.3, 0.4) is 0 Å². The SMILES string of the molecule is O=C(CCN1C(=O)CCC1=O)NNC(=O)C1CCCCC1. The van der Waals surface area contributed by atoms with Crippen molar-refractivity contribution in [2.75, 3.05) is 6.54 Å². The molecule has 1 saturated heterocycles. The summed E-state index contributed by atoms with van der Waals surface area (Å²) in [4.78, 5) is 47.3. The van der Waals surface area contributed by atoms with Crippen molar-refractivity contribution in [3.05, 3.63) is 0 Å². The molecule has 2 N–H and O–H groups in total. The second kappa shape index (κ2) is 7.19. The van der Waals surface area contributed by atoms with Gasteiger partial charge in [0.25, 0.3) is 0 Å². The maximum atomic E-state index is 11.8. The van der Waals surface area contributed by atoms with Crippen molar-refractivity contribution in [1.82, 2.24) is 15.8 Å². The van der Waals surface area contributed by atoms with Gasteiger partial charge in [-0.05, 0) is 12.8 Å². The number of hydrazine groups is 1. The molecule has 0 aromatic carbocycles. The summed E-state index contributed by atoms with van der Waals surface area (Å²) in [6.07, 6.45) is 5.42. The third-order valence-corrected chi connectivity index (χ3v) is 4.02. The molecule has 1 saturated carbocycles. The maximum Gasteiger partial charge on any atom is 0.241 e. The molecule has 1 aliphatic heterocycles. The Balaban J connectivity index is 1.66. The van der Waals surface area contributed by atoms with Crippen molar-refractivity contribution >= 4 is 23.6 Å². The summed E-state index contributed by atoms with van der Waals surface area (Å²) in [5.41, 5.74) is 4.77. The molecule has 0 unspecified atom stereocenters. The van der Waals surface area contributed by atoms with Crippen molar-refractivity contribution in [2.24, 2.45) is 5.92 Å². The van der Waals surface area contributed by atoms with Crippen LogP contribution in [0.4, 0.5) is 0 Å². The lowest BCUT2D eigenvalue weighted by Gasteiger charge is -2.21. The molecule has 21 heavy (non-hydrogen) atoms. The Morgan fingerprint density at radius 3 is 2.24 bits per heavy atom. The zero-order chi connectivity index (χ0) is 15.2. The first-order chi connectivity index (χ1) is 10.1. The molecule has 7 nitrogen and oxygen atoms in total. The fourth-order valence-corrected chi connectivity index (χ4v) is 2.75. The van der Waals surface area contributed by atoms with Crippen molar-refractivity contribution in [1.29, 1.82) is 0 Å². The second-order valence-corrected chi connectivity index (χ2v) is 5.56. The van der Waals surface area contributed by atoms with Crippen LogP contribution in [-0.4, -0.2) is 35.1 Å². The van der Waals surface area contributed by atoms with Gasteiger partial charge in [0.15, 0.2) is 0 Å². The fraction of sp³-hybridized carbons (Fsp3) is 0.714. The molecule has 0 spiro atoms. The second-order valence-electron chi connectivity index (χ2n) is 5.56. The summed E-state index contributed by atoms with van der Waals surface area (Å²) in [5, 5.41) is 0. The molecule has 0 bridgehead atoms. The summed E-state index contributed by atoms with van der Waals surface area (Å²) in [7, 11) is 0. The van der Waals surface area contributed by atoms with E-state index in [-0.39, 0.29) is 49.4 Å². The molecule has 0 aromatic heterocycles. The van der Waals surface area contributed by atoms with Gasteiger partial charge in [0.05, 0.1) is 0 Å². The predicted molar refractivity (Wildman–Crippen MR) is 73.4 cm³/mol. The number of amides is 4. The van der Waals surface area contributed by atoms with E-state index in [1.807, 2.05) is 0 Å². The van der Waals surface area contributed by atoms with Gasteiger partial charge in [-0.2, -0.15) is 0 Å². The first-order valence-electron chi connectivity index (χ1n) is 7.50. The first kappa shape index (κ1) is 15.5. The largest absolute Gasteiger partial charge is 0.282 e. The minimum atomic E-state index is -0.397. The number of hydrogen-bond acceptors (Lipinski definition) is 4. The number of nitrogens with one attached hydrogen (secondary N) is 2. The third kappa shape index (κ3) is 4.27. The number of imide groups is 1. The van der Waals surface area contributed by atoms with E-state index in [0.717, 1.165) is 37.0 Å². The Labute approximate surface area is 123 Å². The van der Waals surface area contributed by atoms with Crippen LogP contribution >= 0.6 is 0 Å². The van der Waals surface area contributed by atoms with Gasteiger partial charge in [0, 0.05) is 31.7 Å². The predicted octanol–water partition coefficient (Wildman–Crippen LogP) is 0.253. The molecular weight excluding hydrogens is 274 g/mol. The zero-order valence-corrected chi connectivity index (χ0v) is 12.0. The minimum Gasteiger partial charge on any atom is -0.282 e. The quantitative estimate of drug-likeness (QED) is 0.574. The summed E-state index contributed by atoms with van der Waals surface area (Å²) in [6, 6.07) is 0. The minimum absolute atomic E-state index is 0.00241. The highest BCUT2D eigenvalue weighted by atomic mass is 16.2. The molecule has 4 amide bonds.